The SMILES string of the molecule is CCCCNC(=O)CN(C)[C@@H](C)C(=O)OCC. The Morgan fingerprint density at radius 3 is 2.53 bits per heavy atom. The highest BCUT2D eigenvalue weighted by Gasteiger charge is 2.20. The number of ether oxygens (including phenoxy) is 1. The van der Waals surface area contributed by atoms with Gasteiger partial charge in [0.25, 0.3) is 0 Å². The number of esters is 1. The fraction of sp³-hybridized carbons (Fsp3) is 0.833. The second-order valence-electron chi connectivity index (χ2n) is 4.05. The van der Waals surface area contributed by atoms with E-state index in [1.54, 1.807) is 25.8 Å². The van der Waals surface area contributed by atoms with Crippen LogP contribution >= 0.6 is 0 Å². The van der Waals surface area contributed by atoms with E-state index in [9.17, 15) is 9.59 Å². The zero-order valence-electron chi connectivity index (χ0n) is 11.3. The van der Waals surface area contributed by atoms with Gasteiger partial charge in [-0.25, -0.2) is 0 Å². The van der Waals surface area contributed by atoms with Crippen LogP contribution in [-0.4, -0.2) is 49.6 Å². The van der Waals surface area contributed by atoms with Crippen molar-refractivity contribution in [3.05, 3.63) is 0 Å². The Labute approximate surface area is 103 Å². The minimum Gasteiger partial charge on any atom is -0.465 e. The quantitative estimate of drug-likeness (QED) is 0.506. The van der Waals surface area contributed by atoms with E-state index >= 15 is 0 Å². The Balaban J connectivity index is 3.93. The zero-order valence-corrected chi connectivity index (χ0v) is 11.3. The minimum atomic E-state index is -0.396. The molecule has 0 aliphatic heterocycles. The van der Waals surface area contributed by atoms with E-state index in [0.717, 1.165) is 12.8 Å². The number of hydrogen-bond acceptors (Lipinski definition) is 4. The fourth-order valence-electron chi connectivity index (χ4n) is 1.27. The molecule has 5 heteroatoms. The van der Waals surface area contributed by atoms with Gasteiger partial charge in [-0.3, -0.25) is 14.5 Å². The number of carbonyl (C=O) groups excluding carboxylic acids is 2. The number of carbonyl (C=O) groups is 2. The molecule has 5 nitrogen and oxygen atoms in total. The van der Waals surface area contributed by atoms with Gasteiger partial charge in [-0.15, -0.1) is 0 Å². The van der Waals surface area contributed by atoms with Crippen molar-refractivity contribution in [2.45, 2.75) is 39.7 Å². The van der Waals surface area contributed by atoms with Gasteiger partial charge in [0, 0.05) is 6.54 Å². The van der Waals surface area contributed by atoms with Crippen molar-refractivity contribution < 1.29 is 14.3 Å². The highest BCUT2D eigenvalue weighted by molar-refractivity contribution is 5.80. The second-order valence-corrected chi connectivity index (χ2v) is 4.05. The van der Waals surface area contributed by atoms with Crippen LogP contribution in [0.15, 0.2) is 0 Å². The largest absolute Gasteiger partial charge is 0.465 e. The summed E-state index contributed by atoms with van der Waals surface area (Å²) in [6.45, 7) is 6.83. The van der Waals surface area contributed by atoms with Crippen LogP contribution in [0.3, 0.4) is 0 Å². The maximum Gasteiger partial charge on any atom is 0.323 e. The number of hydrogen-bond donors (Lipinski definition) is 1. The van der Waals surface area contributed by atoms with E-state index < -0.39 is 6.04 Å². The Morgan fingerprint density at radius 2 is 2.00 bits per heavy atom. The Morgan fingerprint density at radius 1 is 1.35 bits per heavy atom. The maximum absolute atomic E-state index is 11.5. The molecule has 0 aliphatic carbocycles. The zero-order chi connectivity index (χ0) is 13.3. The number of nitrogens with zero attached hydrogens (tertiary/aromatic N) is 1. The van der Waals surface area contributed by atoms with Gasteiger partial charge in [-0.05, 0) is 27.3 Å². The molecule has 0 heterocycles. The lowest BCUT2D eigenvalue weighted by atomic mass is 10.3. The van der Waals surface area contributed by atoms with Gasteiger partial charge in [0.2, 0.25) is 5.91 Å². The maximum atomic E-state index is 11.5. The molecular formula is C12H24N2O3. The van der Waals surface area contributed by atoms with Crippen molar-refractivity contribution >= 4 is 11.9 Å². The summed E-state index contributed by atoms with van der Waals surface area (Å²) < 4.78 is 4.89. The molecule has 0 aromatic rings. The summed E-state index contributed by atoms with van der Waals surface area (Å²) in [6, 6.07) is -0.396. The molecule has 0 bridgehead atoms. The summed E-state index contributed by atoms with van der Waals surface area (Å²) in [4.78, 5) is 24.6. The number of rotatable bonds is 8. The van der Waals surface area contributed by atoms with E-state index in [0.29, 0.717) is 13.2 Å². The predicted molar refractivity (Wildman–Crippen MR) is 66.6 cm³/mol. The summed E-state index contributed by atoms with van der Waals surface area (Å²) in [7, 11) is 1.74. The normalized spacial score (nSPS) is 12.3. The molecule has 0 aromatic heterocycles. The molecule has 1 amide bonds. The summed E-state index contributed by atoms with van der Waals surface area (Å²) in [6.07, 6.45) is 2.03. The first-order valence-corrected chi connectivity index (χ1v) is 6.16. The topological polar surface area (TPSA) is 58.6 Å². The standard InChI is InChI=1S/C12H24N2O3/c1-5-7-8-13-11(15)9-14(4)10(3)12(16)17-6-2/h10H,5-9H2,1-4H3,(H,13,15)/t10-/m0/s1. The smallest absolute Gasteiger partial charge is 0.323 e. The highest BCUT2D eigenvalue weighted by atomic mass is 16.5. The molecule has 0 fully saturated rings. The van der Waals surface area contributed by atoms with Gasteiger partial charge in [-0.2, -0.15) is 0 Å². The average molecular weight is 244 g/mol. The van der Waals surface area contributed by atoms with Crippen LogP contribution in [0.5, 0.6) is 0 Å². The predicted octanol–water partition coefficient (Wildman–Crippen LogP) is 0.786. The first kappa shape index (κ1) is 15.9. The molecule has 0 rings (SSSR count). The van der Waals surface area contributed by atoms with Crippen LogP contribution in [0.25, 0.3) is 0 Å². The van der Waals surface area contributed by atoms with E-state index in [-0.39, 0.29) is 18.4 Å². The summed E-state index contributed by atoms with van der Waals surface area (Å²) in [5.41, 5.74) is 0. The highest BCUT2D eigenvalue weighted by Crippen LogP contribution is 1.98. The van der Waals surface area contributed by atoms with Crippen molar-refractivity contribution in [1.29, 1.82) is 0 Å². The van der Waals surface area contributed by atoms with Crippen LogP contribution < -0.4 is 5.32 Å². The lowest BCUT2D eigenvalue weighted by Gasteiger charge is -2.22. The summed E-state index contributed by atoms with van der Waals surface area (Å²) >= 11 is 0. The van der Waals surface area contributed by atoms with E-state index in [1.807, 2.05) is 0 Å². The van der Waals surface area contributed by atoms with Crippen LogP contribution in [0, 0.1) is 0 Å². The van der Waals surface area contributed by atoms with Crippen molar-refractivity contribution in [3.63, 3.8) is 0 Å². The third-order valence-corrected chi connectivity index (χ3v) is 2.53. The van der Waals surface area contributed by atoms with Crippen LogP contribution in [0.4, 0.5) is 0 Å². The monoisotopic (exact) mass is 244 g/mol. The van der Waals surface area contributed by atoms with E-state index in [4.69, 9.17) is 4.74 Å². The molecule has 0 saturated heterocycles. The van der Waals surface area contributed by atoms with Crippen LogP contribution in [-0.2, 0) is 14.3 Å². The van der Waals surface area contributed by atoms with Gasteiger partial charge >= 0.3 is 5.97 Å². The van der Waals surface area contributed by atoms with E-state index in [2.05, 4.69) is 12.2 Å². The molecule has 0 unspecified atom stereocenters. The van der Waals surface area contributed by atoms with Crippen molar-refractivity contribution in [1.82, 2.24) is 10.2 Å². The van der Waals surface area contributed by atoms with Crippen LogP contribution in [0.2, 0.25) is 0 Å². The molecule has 0 spiro atoms. The molecule has 17 heavy (non-hydrogen) atoms. The van der Waals surface area contributed by atoms with E-state index in [1.165, 1.54) is 0 Å². The molecule has 0 aromatic carbocycles. The number of amides is 1. The summed E-state index contributed by atoms with van der Waals surface area (Å²) in [5.74, 6) is -0.353. The lowest BCUT2D eigenvalue weighted by Crippen LogP contribution is -2.43. The second kappa shape index (κ2) is 8.98. The van der Waals surface area contributed by atoms with Crippen molar-refractivity contribution in [3.8, 4) is 0 Å². The molecule has 0 saturated carbocycles. The number of nitrogens with one attached hydrogen (secondary N) is 1. The molecule has 0 radical (unpaired) electrons. The van der Waals surface area contributed by atoms with Gasteiger partial charge in [-0.1, -0.05) is 13.3 Å². The van der Waals surface area contributed by atoms with Gasteiger partial charge in [0.1, 0.15) is 6.04 Å². The average Bonchev–Trinajstić information content (AvgIpc) is 2.28. The van der Waals surface area contributed by atoms with Crippen LogP contribution in [0.1, 0.15) is 33.6 Å². The Kier molecular flexibility index (Phi) is 8.40. The third-order valence-electron chi connectivity index (χ3n) is 2.53. The van der Waals surface area contributed by atoms with Gasteiger partial charge < -0.3 is 10.1 Å². The first-order chi connectivity index (χ1) is 8.02. The fourth-order valence-corrected chi connectivity index (χ4v) is 1.27. The van der Waals surface area contributed by atoms with Crippen molar-refractivity contribution in [2.75, 3.05) is 26.7 Å². The Bertz CT molecular complexity index is 244. The number of unbranched alkanes of at least 4 members (excludes halogenated alkanes) is 1. The Hall–Kier alpha value is -1.10. The molecule has 1 N–H and O–H groups in total. The first-order valence-electron chi connectivity index (χ1n) is 6.16. The third kappa shape index (κ3) is 6.94. The molecule has 1 atom stereocenters. The minimum absolute atomic E-state index is 0.0582. The number of likely N-dealkylation sites (N-methyl/N-ethyl adjacent to an activating group) is 1. The van der Waals surface area contributed by atoms with Gasteiger partial charge in [0.05, 0.1) is 13.2 Å². The van der Waals surface area contributed by atoms with Gasteiger partial charge in [0.15, 0.2) is 0 Å². The van der Waals surface area contributed by atoms with Crippen molar-refractivity contribution in [2.24, 2.45) is 0 Å². The summed E-state index contributed by atoms with van der Waals surface area (Å²) in [5, 5.41) is 2.81. The molecule has 0 aliphatic rings. The molecule has 100 valence electrons. The lowest BCUT2D eigenvalue weighted by molar-refractivity contribution is -0.148. The molecular weight excluding hydrogens is 220 g/mol.